The van der Waals surface area contributed by atoms with Crippen molar-refractivity contribution in [3.8, 4) is 5.75 Å². The first-order valence-corrected chi connectivity index (χ1v) is 9.87. The summed E-state index contributed by atoms with van der Waals surface area (Å²) < 4.78 is 5.68. The number of halogens is 2. The number of rotatable bonds is 8. The third-order valence-corrected chi connectivity index (χ3v) is 5.10. The van der Waals surface area contributed by atoms with Crippen LogP contribution in [0.1, 0.15) is 17.2 Å². The van der Waals surface area contributed by atoms with Gasteiger partial charge < -0.3 is 9.84 Å². The molecule has 0 fully saturated rings. The second kappa shape index (κ2) is 9.94. The topological polar surface area (TPSA) is 32.7 Å². The van der Waals surface area contributed by atoms with Gasteiger partial charge in [-0.3, -0.25) is 4.90 Å². The summed E-state index contributed by atoms with van der Waals surface area (Å²) in [5.74, 6) is 0.398. The van der Waals surface area contributed by atoms with Gasteiger partial charge in [-0.15, -0.1) is 0 Å². The van der Waals surface area contributed by atoms with E-state index in [1.807, 2.05) is 43.4 Å². The van der Waals surface area contributed by atoms with Crippen molar-refractivity contribution >= 4 is 23.2 Å². The number of aliphatic hydroxyl groups is 1. The average molecular weight is 416 g/mol. The normalized spacial score (nSPS) is 12.4. The fourth-order valence-electron chi connectivity index (χ4n) is 3.26. The molecule has 0 amide bonds. The summed E-state index contributed by atoms with van der Waals surface area (Å²) in [4.78, 5) is 2.12. The molecule has 0 spiro atoms. The van der Waals surface area contributed by atoms with Crippen molar-refractivity contribution < 1.29 is 9.84 Å². The molecule has 0 aliphatic heterocycles. The maximum atomic E-state index is 10.6. The molecule has 3 nitrogen and oxygen atoms in total. The van der Waals surface area contributed by atoms with Gasteiger partial charge in [0.15, 0.2) is 5.75 Å². The van der Waals surface area contributed by atoms with Gasteiger partial charge >= 0.3 is 0 Å². The van der Waals surface area contributed by atoms with Gasteiger partial charge in [-0.2, -0.15) is 0 Å². The van der Waals surface area contributed by atoms with E-state index in [1.165, 1.54) is 11.1 Å². The summed E-state index contributed by atoms with van der Waals surface area (Å²) in [5, 5.41) is 11.4. The molecule has 1 unspecified atom stereocenters. The molecular weight excluding hydrogens is 393 g/mol. The number of hydrogen-bond acceptors (Lipinski definition) is 3. The monoisotopic (exact) mass is 415 g/mol. The third kappa shape index (κ3) is 5.27. The molecule has 5 heteroatoms. The Kier molecular flexibility index (Phi) is 7.35. The van der Waals surface area contributed by atoms with Crippen molar-refractivity contribution in [3.05, 3.63) is 100 Å². The molecule has 0 aliphatic rings. The summed E-state index contributed by atoms with van der Waals surface area (Å²) in [7, 11) is 2.00. The number of aliphatic hydroxyl groups excluding tert-OH is 1. The number of nitrogens with zero attached hydrogens (tertiary/aromatic N) is 1. The number of hydrogen-bond donors (Lipinski definition) is 1. The van der Waals surface area contributed by atoms with Gasteiger partial charge in [0.05, 0.1) is 16.1 Å². The van der Waals surface area contributed by atoms with Crippen molar-refractivity contribution in [1.29, 1.82) is 0 Å². The lowest BCUT2D eigenvalue weighted by Gasteiger charge is -2.30. The van der Waals surface area contributed by atoms with Crippen LogP contribution in [0.4, 0.5) is 0 Å². The molecule has 1 N–H and O–H groups in total. The molecule has 3 rings (SSSR count). The van der Waals surface area contributed by atoms with Gasteiger partial charge in [-0.1, -0.05) is 89.9 Å². The first kappa shape index (κ1) is 20.7. The highest BCUT2D eigenvalue weighted by atomic mass is 35.5. The molecule has 0 radical (unpaired) electrons. The largest absolute Gasteiger partial charge is 0.488 e. The standard InChI is InChI=1S/C23H23Cl2NO2/c1-26(15-19(27)16-28-23-20(24)13-8-14-21(23)25)22(17-9-4-2-5-10-17)18-11-6-3-7-12-18/h2-14,19,22,27H,15-16H2,1H3. The number of benzene rings is 3. The molecule has 3 aromatic rings. The first-order chi connectivity index (χ1) is 13.6. The maximum Gasteiger partial charge on any atom is 0.156 e. The van der Waals surface area contributed by atoms with Crippen LogP contribution in [0.5, 0.6) is 5.75 Å². The van der Waals surface area contributed by atoms with E-state index in [0.29, 0.717) is 22.3 Å². The molecule has 1 atom stereocenters. The summed E-state index contributed by atoms with van der Waals surface area (Å²) in [6, 6.07) is 25.7. The van der Waals surface area contributed by atoms with Gasteiger partial charge in [-0.05, 0) is 30.3 Å². The molecule has 0 bridgehead atoms. The highest BCUT2D eigenvalue weighted by Gasteiger charge is 2.22. The van der Waals surface area contributed by atoms with Crippen LogP contribution in [-0.4, -0.2) is 36.3 Å². The van der Waals surface area contributed by atoms with Crippen LogP contribution in [0.2, 0.25) is 10.0 Å². The van der Waals surface area contributed by atoms with Crippen LogP contribution in [-0.2, 0) is 0 Å². The van der Waals surface area contributed by atoms with Crippen molar-refractivity contribution in [2.45, 2.75) is 12.1 Å². The van der Waals surface area contributed by atoms with Crippen molar-refractivity contribution in [3.63, 3.8) is 0 Å². The van der Waals surface area contributed by atoms with E-state index < -0.39 is 6.10 Å². The Hall–Kier alpha value is -2.04. The van der Waals surface area contributed by atoms with E-state index in [4.69, 9.17) is 27.9 Å². The second-order valence-electron chi connectivity index (χ2n) is 6.68. The Morgan fingerprint density at radius 3 is 1.82 bits per heavy atom. The van der Waals surface area contributed by atoms with Crippen LogP contribution in [0.25, 0.3) is 0 Å². The van der Waals surface area contributed by atoms with Gasteiger partial charge in [0.2, 0.25) is 0 Å². The Bertz CT molecular complexity index is 815. The fraction of sp³-hybridized carbons (Fsp3) is 0.217. The van der Waals surface area contributed by atoms with Crippen molar-refractivity contribution in [2.75, 3.05) is 20.2 Å². The fourth-order valence-corrected chi connectivity index (χ4v) is 3.77. The molecule has 0 saturated heterocycles. The van der Waals surface area contributed by atoms with E-state index >= 15 is 0 Å². The summed E-state index contributed by atoms with van der Waals surface area (Å²) in [6.45, 7) is 0.528. The quantitative estimate of drug-likeness (QED) is 0.530. The van der Waals surface area contributed by atoms with Gasteiger partial charge in [-0.25, -0.2) is 0 Å². The minimum atomic E-state index is -0.702. The number of likely N-dealkylation sites (N-methyl/N-ethyl adjacent to an activating group) is 1. The molecule has 0 heterocycles. The van der Waals surface area contributed by atoms with E-state index in [9.17, 15) is 5.11 Å². The Balaban J connectivity index is 1.70. The number of para-hydroxylation sites is 1. The van der Waals surface area contributed by atoms with Gasteiger partial charge in [0, 0.05) is 6.54 Å². The van der Waals surface area contributed by atoms with Gasteiger partial charge in [0.1, 0.15) is 12.7 Å². The SMILES string of the molecule is CN(CC(O)COc1c(Cl)cccc1Cl)C(c1ccccc1)c1ccccc1. The van der Waals surface area contributed by atoms with Crippen LogP contribution in [0.3, 0.4) is 0 Å². The zero-order valence-corrected chi connectivity index (χ0v) is 17.1. The molecule has 28 heavy (non-hydrogen) atoms. The van der Waals surface area contributed by atoms with Crippen LogP contribution < -0.4 is 4.74 Å². The maximum absolute atomic E-state index is 10.6. The lowest BCUT2D eigenvalue weighted by atomic mass is 9.97. The number of ether oxygens (including phenoxy) is 1. The zero-order valence-electron chi connectivity index (χ0n) is 15.6. The third-order valence-electron chi connectivity index (χ3n) is 4.51. The lowest BCUT2D eigenvalue weighted by molar-refractivity contribution is 0.0682. The lowest BCUT2D eigenvalue weighted by Crippen LogP contribution is -2.36. The van der Waals surface area contributed by atoms with Crippen molar-refractivity contribution in [2.24, 2.45) is 0 Å². The predicted octanol–water partition coefficient (Wildman–Crippen LogP) is 5.45. The minimum Gasteiger partial charge on any atom is -0.488 e. The molecule has 0 aliphatic carbocycles. The summed E-state index contributed by atoms with van der Waals surface area (Å²) in [5.41, 5.74) is 2.33. The van der Waals surface area contributed by atoms with Crippen molar-refractivity contribution in [1.82, 2.24) is 4.90 Å². The first-order valence-electron chi connectivity index (χ1n) is 9.11. The summed E-state index contributed by atoms with van der Waals surface area (Å²) in [6.07, 6.45) is -0.702. The molecule has 0 aromatic heterocycles. The van der Waals surface area contributed by atoms with E-state index in [1.54, 1.807) is 18.2 Å². The highest BCUT2D eigenvalue weighted by molar-refractivity contribution is 6.37. The Morgan fingerprint density at radius 2 is 1.32 bits per heavy atom. The minimum absolute atomic E-state index is 0.0287. The van der Waals surface area contributed by atoms with E-state index in [0.717, 1.165) is 0 Å². The summed E-state index contributed by atoms with van der Waals surface area (Å²) >= 11 is 12.3. The predicted molar refractivity (Wildman–Crippen MR) is 115 cm³/mol. The second-order valence-corrected chi connectivity index (χ2v) is 7.49. The van der Waals surface area contributed by atoms with Crippen LogP contribution in [0, 0.1) is 0 Å². The molecular formula is C23H23Cl2NO2. The zero-order chi connectivity index (χ0) is 19.9. The smallest absolute Gasteiger partial charge is 0.156 e. The average Bonchev–Trinajstić information content (AvgIpc) is 2.69. The Labute approximate surface area is 176 Å². The molecule has 3 aromatic carbocycles. The van der Waals surface area contributed by atoms with E-state index in [-0.39, 0.29) is 12.6 Å². The Morgan fingerprint density at radius 1 is 0.821 bits per heavy atom. The highest BCUT2D eigenvalue weighted by Crippen LogP contribution is 2.32. The molecule has 0 saturated carbocycles. The molecule has 146 valence electrons. The van der Waals surface area contributed by atoms with Crippen LogP contribution >= 0.6 is 23.2 Å². The van der Waals surface area contributed by atoms with E-state index in [2.05, 4.69) is 29.2 Å². The van der Waals surface area contributed by atoms with Crippen LogP contribution in [0.15, 0.2) is 78.9 Å². The van der Waals surface area contributed by atoms with Gasteiger partial charge in [0.25, 0.3) is 0 Å².